The summed E-state index contributed by atoms with van der Waals surface area (Å²) in [7, 11) is 3.63. The topological polar surface area (TPSA) is 42.0 Å². The van der Waals surface area contributed by atoms with Crippen LogP contribution in [-0.2, 0) is 9.47 Å². The van der Waals surface area contributed by atoms with E-state index in [2.05, 4.69) is 0 Å². The number of urea groups is 1. The van der Waals surface area contributed by atoms with Gasteiger partial charge in [-0.15, -0.1) is 11.8 Å². The van der Waals surface area contributed by atoms with Gasteiger partial charge in [0.1, 0.15) is 0 Å². The maximum atomic E-state index is 11.9. The molecule has 0 N–H and O–H groups in total. The van der Waals surface area contributed by atoms with Gasteiger partial charge in [0.25, 0.3) is 0 Å². The summed E-state index contributed by atoms with van der Waals surface area (Å²) in [4.78, 5) is 15.5. The van der Waals surface area contributed by atoms with Crippen LogP contribution in [-0.4, -0.2) is 79.4 Å². The molecule has 3 rings (SSSR count). The van der Waals surface area contributed by atoms with Crippen molar-refractivity contribution in [2.24, 2.45) is 5.92 Å². The Morgan fingerprint density at radius 3 is 2.76 bits per heavy atom. The van der Waals surface area contributed by atoms with E-state index in [1.807, 2.05) is 30.8 Å². The highest BCUT2D eigenvalue weighted by atomic mass is 32.2. The third-order valence-electron chi connectivity index (χ3n) is 4.69. The van der Waals surface area contributed by atoms with E-state index in [1.54, 1.807) is 4.90 Å². The predicted molar refractivity (Wildman–Crippen MR) is 83.7 cm³/mol. The van der Waals surface area contributed by atoms with Crippen molar-refractivity contribution in [3.63, 3.8) is 0 Å². The van der Waals surface area contributed by atoms with Gasteiger partial charge >= 0.3 is 6.03 Å². The number of likely N-dealkylation sites (tertiary alicyclic amines) is 1. The number of hydrogen-bond donors (Lipinski definition) is 0. The molecule has 0 aliphatic carbocycles. The van der Waals surface area contributed by atoms with Crippen LogP contribution >= 0.6 is 11.8 Å². The molecule has 2 amide bonds. The van der Waals surface area contributed by atoms with Gasteiger partial charge in [0.15, 0.2) is 0 Å². The molecule has 0 bridgehead atoms. The van der Waals surface area contributed by atoms with Crippen LogP contribution in [0.3, 0.4) is 0 Å². The summed E-state index contributed by atoms with van der Waals surface area (Å²) in [6.45, 7) is 4.42. The second-order valence-corrected chi connectivity index (χ2v) is 8.23. The van der Waals surface area contributed by atoms with E-state index >= 15 is 0 Å². The van der Waals surface area contributed by atoms with Crippen LogP contribution in [0.1, 0.15) is 19.3 Å². The zero-order valence-electron chi connectivity index (χ0n) is 13.0. The summed E-state index contributed by atoms with van der Waals surface area (Å²) >= 11 is 2.00. The van der Waals surface area contributed by atoms with Gasteiger partial charge in [-0.25, -0.2) is 4.79 Å². The fraction of sp³-hybridized carbons (Fsp3) is 0.933. The molecule has 0 saturated carbocycles. The molecule has 3 heterocycles. The molecule has 1 atom stereocenters. The molecule has 5 nitrogen and oxygen atoms in total. The lowest BCUT2D eigenvalue weighted by Gasteiger charge is -2.48. The van der Waals surface area contributed by atoms with Crippen molar-refractivity contribution in [2.45, 2.75) is 30.1 Å². The lowest BCUT2D eigenvalue weighted by Crippen LogP contribution is -2.62. The number of carbonyl (C=O) groups is 1. The minimum Gasteiger partial charge on any atom is -0.381 e. The molecule has 0 aromatic heterocycles. The molecule has 120 valence electrons. The molecule has 0 radical (unpaired) electrons. The minimum atomic E-state index is 0.132. The van der Waals surface area contributed by atoms with Gasteiger partial charge in [0.05, 0.1) is 10.9 Å². The molecular weight excluding hydrogens is 288 g/mol. The zero-order valence-corrected chi connectivity index (χ0v) is 13.9. The van der Waals surface area contributed by atoms with Gasteiger partial charge in [-0.2, -0.15) is 0 Å². The van der Waals surface area contributed by atoms with Crippen molar-refractivity contribution < 1.29 is 14.3 Å². The highest BCUT2D eigenvalue weighted by molar-refractivity contribution is 8.01. The van der Waals surface area contributed by atoms with E-state index in [-0.39, 0.29) is 10.8 Å². The zero-order chi connectivity index (χ0) is 14.9. The van der Waals surface area contributed by atoms with Crippen LogP contribution in [0.2, 0.25) is 0 Å². The van der Waals surface area contributed by atoms with E-state index in [0.29, 0.717) is 12.0 Å². The number of ether oxygens (including phenoxy) is 2. The van der Waals surface area contributed by atoms with Gasteiger partial charge in [-0.1, -0.05) is 0 Å². The lowest BCUT2D eigenvalue weighted by atomic mass is 9.93. The second-order valence-electron chi connectivity index (χ2n) is 6.74. The Hall–Kier alpha value is -0.460. The molecule has 0 aromatic carbocycles. The van der Waals surface area contributed by atoms with E-state index < -0.39 is 0 Å². The molecule has 6 heteroatoms. The Kier molecular flexibility index (Phi) is 4.66. The number of hydrogen-bond acceptors (Lipinski definition) is 4. The molecule has 21 heavy (non-hydrogen) atoms. The van der Waals surface area contributed by atoms with Gasteiger partial charge in [-0.05, 0) is 25.2 Å². The van der Waals surface area contributed by atoms with Gasteiger partial charge in [0.2, 0.25) is 0 Å². The third kappa shape index (κ3) is 3.48. The number of thioether (sulfide) groups is 1. The number of nitrogens with zero attached hydrogens (tertiary/aromatic N) is 2. The number of amides is 2. The Balaban J connectivity index is 1.39. The van der Waals surface area contributed by atoms with Crippen molar-refractivity contribution in [1.29, 1.82) is 0 Å². The molecule has 1 unspecified atom stereocenters. The van der Waals surface area contributed by atoms with Gasteiger partial charge < -0.3 is 19.3 Å². The molecule has 3 saturated heterocycles. The Labute approximate surface area is 131 Å². The van der Waals surface area contributed by atoms with Crippen molar-refractivity contribution in [2.75, 3.05) is 52.8 Å². The summed E-state index contributed by atoms with van der Waals surface area (Å²) in [6.07, 6.45) is 3.74. The molecular formula is C15H26N2O3S. The predicted octanol–water partition coefficient (Wildman–Crippen LogP) is 1.67. The largest absolute Gasteiger partial charge is 0.381 e. The Bertz CT molecular complexity index is 379. The number of carbonyl (C=O) groups excluding carboxylic acids is 1. The monoisotopic (exact) mass is 314 g/mol. The first kappa shape index (κ1) is 15.4. The molecule has 3 fully saturated rings. The Morgan fingerprint density at radius 1 is 1.38 bits per heavy atom. The first-order valence-corrected chi connectivity index (χ1v) is 8.86. The summed E-state index contributed by atoms with van der Waals surface area (Å²) < 4.78 is 11.8. The molecule has 1 spiro atoms. The summed E-state index contributed by atoms with van der Waals surface area (Å²) in [6, 6.07) is 0.132. The Morgan fingerprint density at radius 2 is 2.10 bits per heavy atom. The van der Waals surface area contributed by atoms with Crippen LogP contribution in [0.4, 0.5) is 4.79 Å². The maximum absolute atomic E-state index is 11.9. The summed E-state index contributed by atoms with van der Waals surface area (Å²) in [5.74, 6) is 1.75. The lowest BCUT2D eigenvalue weighted by molar-refractivity contribution is -0.0111. The fourth-order valence-corrected chi connectivity index (χ4v) is 4.93. The van der Waals surface area contributed by atoms with E-state index in [0.717, 1.165) is 57.9 Å². The molecule has 0 aromatic rings. The minimum absolute atomic E-state index is 0.132. The number of rotatable bonds is 3. The van der Waals surface area contributed by atoms with Crippen LogP contribution in [0, 0.1) is 5.92 Å². The first-order chi connectivity index (χ1) is 10.1. The van der Waals surface area contributed by atoms with Gasteiger partial charge in [0, 0.05) is 52.8 Å². The van der Waals surface area contributed by atoms with Crippen LogP contribution in [0.25, 0.3) is 0 Å². The summed E-state index contributed by atoms with van der Waals surface area (Å²) in [5, 5.41) is 0. The van der Waals surface area contributed by atoms with Crippen LogP contribution in [0.15, 0.2) is 0 Å². The SMILES string of the molecule is CN(C)C(=O)N1CC2(CC(OCC3CCOCC3)CS2)C1. The van der Waals surface area contributed by atoms with E-state index in [1.165, 1.54) is 0 Å². The summed E-state index contributed by atoms with van der Waals surface area (Å²) in [5.41, 5.74) is 0. The van der Waals surface area contributed by atoms with Crippen molar-refractivity contribution in [3.05, 3.63) is 0 Å². The fourth-order valence-electron chi connectivity index (χ4n) is 3.38. The standard InChI is InChI=1S/C15H26N2O3S/c1-16(2)14(18)17-10-15(11-17)7-13(9-21-15)20-8-12-3-5-19-6-4-12/h12-13H,3-11H2,1-2H3. The highest BCUT2D eigenvalue weighted by Crippen LogP contribution is 2.46. The smallest absolute Gasteiger partial charge is 0.319 e. The van der Waals surface area contributed by atoms with Crippen molar-refractivity contribution >= 4 is 17.8 Å². The molecule has 3 aliphatic heterocycles. The average molecular weight is 314 g/mol. The first-order valence-electron chi connectivity index (χ1n) is 7.87. The average Bonchev–Trinajstić information content (AvgIpc) is 2.88. The highest BCUT2D eigenvalue weighted by Gasteiger charge is 2.51. The van der Waals surface area contributed by atoms with E-state index in [9.17, 15) is 4.79 Å². The van der Waals surface area contributed by atoms with Crippen LogP contribution < -0.4 is 0 Å². The van der Waals surface area contributed by atoms with Crippen molar-refractivity contribution in [1.82, 2.24) is 9.80 Å². The van der Waals surface area contributed by atoms with Gasteiger partial charge in [-0.3, -0.25) is 0 Å². The van der Waals surface area contributed by atoms with E-state index in [4.69, 9.17) is 9.47 Å². The quantitative estimate of drug-likeness (QED) is 0.795. The normalized spacial score (nSPS) is 28.7. The third-order valence-corrected chi connectivity index (χ3v) is 6.27. The second kappa shape index (κ2) is 6.34. The van der Waals surface area contributed by atoms with Crippen LogP contribution in [0.5, 0.6) is 0 Å². The van der Waals surface area contributed by atoms with Crippen molar-refractivity contribution in [3.8, 4) is 0 Å². The maximum Gasteiger partial charge on any atom is 0.319 e. The molecule has 3 aliphatic rings.